The molecule has 1 atom stereocenters. The SMILES string of the molecule is Cc1cc2c(c(=O)n1C)[C@@H](c1ccc(C(=O)O)cc1)C(C#N)=C(N)O2. The number of hydrogen-bond acceptors (Lipinski definition) is 5. The van der Waals surface area contributed by atoms with E-state index in [9.17, 15) is 14.9 Å². The number of aryl methyl sites for hydroxylation is 1. The number of aromatic carboxylic acids is 1. The Balaban J connectivity index is 2.27. The van der Waals surface area contributed by atoms with Gasteiger partial charge in [0.25, 0.3) is 5.56 Å². The lowest BCUT2D eigenvalue weighted by Gasteiger charge is -2.26. The molecule has 0 amide bonds. The minimum Gasteiger partial charge on any atom is -0.478 e. The van der Waals surface area contributed by atoms with Crippen molar-refractivity contribution in [3.63, 3.8) is 0 Å². The van der Waals surface area contributed by atoms with Crippen molar-refractivity contribution < 1.29 is 14.6 Å². The van der Waals surface area contributed by atoms with Crippen molar-refractivity contribution in [2.75, 3.05) is 0 Å². The summed E-state index contributed by atoms with van der Waals surface area (Å²) in [4.78, 5) is 23.8. The summed E-state index contributed by atoms with van der Waals surface area (Å²) in [5.41, 5.74) is 7.42. The Morgan fingerprint density at radius 1 is 1.36 bits per heavy atom. The highest BCUT2D eigenvalue weighted by molar-refractivity contribution is 5.87. The van der Waals surface area contributed by atoms with Crippen molar-refractivity contribution in [2.45, 2.75) is 12.8 Å². The van der Waals surface area contributed by atoms with Gasteiger partial charge >= 0.3 is 5.97 Å². The fraction of sp³-hybridized carbons (Fsp3) is 0.167. The van der Waals surface area contributed by atoms with Crippen LogP contribution < -0.4 is 16.0 Å². The number of pyridine rings is 1. The van der Waals surface area contributed by atoms with Crippen LogP contribution >= 0.6 is 0 Å². The van der Waals surface area contributed by atoms with Gasteiger partial charge in [-0.15, -0.1) is 0 Å². The van der Waals surface area contributed by atoms with E-state index in [0.717, 1.165) is 0 Å². The number of fused-ring (bicyclic) bond motifs is 1. The van der Waals surface area contributed by atoms with Crippen molar-refractivity contribution in [3.8, 4) is 11.8 Å². The van der Waals surface area contributed by atoms with Crippen molar-refractivity contribution in [1.82, 2.24) is 4.57 Å². The molecule has 7 heteroatoms. The lowest BCUT2D eigenvalue weighted by molar-refractivity contribution is 0.0697. The Bertz CT molecular complexity index is 1010. The van der Waals surface area contributed by atoms with E-state index < -0.39 is 11.9 Å². The van der Waals surface area contributed by atoms with Crippen LogP contribution in [0.4, 0.5) is 0 Å². The monoisotopic (exact) mass is 337 g/mol. The third-order valence-corrected chi connectivity index (χ3v) is 4.34. The number of aromatic nitrogens is 1. The van der Waals surface area contributed by atoms with Crippen LogP contribution in [-0.4, -0.2) is 15.6 Å². The van der Waals surface area contributed by atoms with Gasteiger partial charge in [0.1, 0.15) is 17.4 Å². The number of nitriles is 1. The number of nitrogens with zero attached hydrogens (tertiary/aromatic N) is 2. The van der Waals surface area contributed by atoms with E-state index in [1.807, 2.05) is 6.07 Å². The molecule has 3 rings (SSSR count). The van der Waals surface area contributed by atoms with Crippen LogP contribution in [0.2, 0.25) is 0 Å². The first kappa shape index (κ1) is 16.3. The zero-order chi connectivity index (χ0) is 18.3. The number of ether oxygens (including phenoxy) is 1. The van der Waals surface area contributed by atoms with Gasteiger partial charge in [-0.1, -0.05) is 12.1 Å². The Labute approximate surface area is 143 Å². The van der Waals surface area contributed by atoms with Crippen molar-refractivity contribution >= 4 is 5.97 Å². The van der Waals surface area contributed by atoms with E-state index in [1.165, 1.54) is 16.7 Å². The second-order valence-electron chi connectivity index (χ2n) is 5.78. The van der Waals surface area contributed by atoms with E-state index >= 15 is 0 Å². The molecular weight excluding hydrogens is 322 g/mol. The molecule has 1 aromatic carbocycles. The van der Waals surface area contributed by atoms with E-state index in [-0.39, 0.29) is 22.6 Å². The zero-order valence-electron chi connectivity index (χ0n) is 13.6. The third kappa shape index (κ3) is 2.54. The molecule has 0 bridgehead atoms. The predicted octanol–water partition coefficient (Wildman–Crippen LogP) is 1.61. The van der Waals surface area contributed by atoms with Crippen LogP contribution in [0.25, 0.3) is 0 Å². The summed E-state index contributed by atoms with van der Waals surface area (Å²) in [5.74, 6) is -1.52. The van der Waals surface area contributed by atoms with Crippen molar-refractivity contribution in [2.24, 2.45) is 12.8 Å². The molecule has 0 unspecified atom stereocenters. The molecule has 2 aromatic rings. The molecule has 0 saturated carbocycles. The molecule has 25 heavy (non-hydrogen) atoms. The fourth-order valence-electron chi connectivity index (χ4n) is 2.89. The van der Waals surface area contributed by atoms with Gasteiger partial charge in [0.15, 0.2) is 0 Å². The maximum atomic E-state index is 12.8. The number of hydrogen-bond donors (Lipinski definition) is 2. The molecule has 0 radical (unpaired) electrons. The normalized spacial score (nSPS) is 16.0. The topological polar surface area (TPSA) is 118 Å². The van der Waals surface area contributed by atoms with E-state index in [4.69, 9.17) is 15.6 Å². The molecule has 3 N–H and O–H groups in total. The summed E-state index contributed by atoms with van der Waals surface area (Å²) in [6.07, 6.45) is 0. The summed E-state index contributed by atoms with van der Waals surface area (Å²) in [5, 5.41) is 18.5. The van der Waals surface area contributed by atoms with E-state index in [1.54, 1.807) is 32.2 Å². The van der Waals surface area contributed by atoms with Gasteiger partial charge < -0.3 is 20.1 Å². The van der Waals surface area contributed by atoms with Crippen LogP contribution in [0.5, 0.6) is 5.75 Å². The largest absolute Gasteiger partial charge is 0.478 e. The highest BCUT2D eigenvalue weighted by Crippen LogP contribution is 2.40. The van der Waals surface area contributed by atoms with Crippen LogP contribution in [-0.2, 0) is 7.05 Å². The van der Waals surface area contributed by atoms with Crippen molar-refractivity contribution in [1.29, 1.82) is 5.26 Å². The lowest BCUT2D eigenvalue weighted by Crippen LogP contribution is -2.31. The van der Waals surface area contributed by atoms with Crippen molar-refractivity contribution in [3.05, 3.63) is 74.5 Å². The smallest absolute Gasteiger partial charge is 0.335 e. The van der Waals surface area contributed by atoms with Gasteiger partial charge in [-0.25, -0.2) is 4.79 Å². The lowest BCUT2D eigenvalue weighted by atomic mass is 9.83. The average Bonchev–Trinajstić information content (AvgIpc) is 2.59. The zero-order valence-corrected chi connectivity index (χ0v) is 13.6. The van der Waals surface area contributed by atoms with Crippen LogP contribution in [0.3, 0.4) is 0 Å². The summed E-state index contributed by atoms with van der Waals surface area (Å²) < 4.78 is 6.96. The van der Waals surface area contributed by atoms with Gasteiger partial charge in [-0.2, -0.15) is 5.26 Å². The van der Waals surface area contributed by atoms with Crippen LogP contribution in [0, 0.1) is 18.3 Å². The number of benzene rings is 1. The number of rotatable bonds is 2. The van der Waals surface area contributed by atoms with E-state index in [0.29, 0.717) is 22.6 Å². The average molecular weight is 337 g/mol. The Hall–Kier alpha value is -3.53. The first-order chi connectivity index (χ1) is 11.8. The van der Waals surface area contributed by atoms with Gasteiger partial charge in [-0.3, -0.25) is 4.79 Å². The van der Waals surface area contributed by atoms with Crippen LogP contribution in [0.1, 0.15) is 33.1 Å². The van der Waals surface area contributed by atoms with Crippen LogP contribution in [0.15, 0.2) is 46.6 Å². The minimum atomic E-state index is -1.05. The summed E-state index contributed by atoms with van der Waals surface area (Å²) in [6.45, 7) is 1.77. The second kappa shape index (κ2) is 5.83. The summed E-state index contributed by atoms with van der Waals surface area (Å²) >= 11 is 0. The highest BCUT2D eigenvalue weighted by Gasteiger charge is 2.34. The Morgan fingerprint density at radius 3 is 2.56 bits per heavy atom. The number of nitrogens with two attached hydrogens (primary N) is 1. The number of carbonyl (C=O) groups is 1. The maximum absolute atomic E-state index is 12.8. The molecule has 1 aliphatic rings. The van der Waals surface area contributed by atoms with Gasteiger partial charge in [0.2, 0.25) is 5.88 Å². The molecule has 7 nitrogen and oxygen atoms in total. The molecule has 1 aliphatic heterocycles. The maximum Gasteiger partial charge on any atom is 0.335 e. The fourth-order valence-corrected chi connectivity index (χ4v) is 2.89. The first-order valence-corrected chi connectivity index (χ1v) is 7.46. The van der Waals surface area contributed by atoms with E-state index in [2.05, 4.69) is 0 Å². The minimum absolute atomic E-state index is 0.0602. The van der Waals surface area contributed by atoms with Gasteiger partial charge in [0.05, 0.1) is 17.0 Å². The molecule has 0 spiro atoms. The predicted molar refractivity (Wildman–Crippen MR) is 89.1 cm³/mol. The summed E-state index contributed by atoms with van der Waals surface area (Å²) in [6, 6.07) is 9.71. The third-order valence-electron chi connectivity index (χ3n) is 4.34. The molecule has 1 aromatic heterocycles. The molecule has 0 aliphatic carbocycles. The first-order valence-electron chi connectivity index (χ1n) is 7.46. The molecule has 0 fully saturated rings. The number of allylic oxidation sites excluding steroid dienone is 1. The number of carboxylic acid groups (broad SMARTS) is 1. The van der Waals surface area contributed by atoms with Gasteiger partial charge in [-0.05, 0) is 24.6 Å². The Kier molecular flexibility index (Phi) is 3.81. The quantitative estimate of drug-likeness (QED) is 0.859. The highest BCUT2D eigenvalue weighted by atomic mass is 16.5. The second-order valence-corrected chi connectivity index (χ2v) is 5.78. The van der Waals surface area contributed by atoms with Gasteiger partial charge in [0, 0.05) is 18.8 Å². The summed E-state index contributed by atoms with van der Waals surface area (Å²) in [7, 11) is 1.64. The molecular formula is C18H15N3O4. The number of carboxylic acids is 1. The Morgan fingerprint density at radius 2 is 2.00 bits per heavy atom. The molecule has 2 heterocycles. The molecule has 126 valence electrons. The standard InChI is InChI=1S/C18H15N3O4/c1-9-7-13-15(17(22)21(9)2)14(12(8-19)16(20)25-13)10-3-5-11(6-4-10)18(23)24/h3-7,14H,20H2,1-2H3,(H,23,24)/t14-/m0/s1. The molecule has 0 saturated heterocycles.